The molecule has 0 radical (unpaired) electrons. The van der Waals surface area contributed by atoms with Crippen molar-refractivity contribution in [3.63, 3.8) is 0 Å². The molecule has 0 saturated carbocycles. The van der Waals surface area contributed by atoms with Crippen molar-refractivity contribution < 1.29 is 9.90 Å². The molecule has 1 atom stereocenters. The zero-order chi connectivity index (χ0) is 18.5. The number of amides is 1. The summed E-state index contributed by atoms with van der Waals surface area (Å²) in [6.45, 7) is 1.78. The Balaban J connectivity index is 1.67. The number of carbonyl (C=O) groups excluding carboxylic acids is 1. The number of benzene rings is 2. The molecule has 132 valence electrons. The smallest absolute Gasteiger partial charge is 0.293 e. The first kappa shape index (κ1) is 15.6. The van der Waals surface area contributed by atoms with E-state index in [2.05, 4.69) is 15.0 Å². The Morgan fingerprint density at radius 2 is 1.93 bits per heavy atom. The molecule has 0 spiro atoms. The molecule has 6 heteroatoms. The second-order valence-electron chi connectivity index (χ2n) is 6.67. The minimum atomic E-state index is -0.416. The van der Waals surface area contributed by atoms with Gasteiger partial charge in [0.25, 0.3) is 5.91 Å². The number of rotatable bonds is 2. The maximum absolute atomic E-state index is 12.8. The van der Waals surface area contributed by atoms with Crippen LogP contribution in [-0.4, -0.2) is 26.0 Å². The van der Waals surface area contributed by atoms with Crippen LogP contribution in [0, 0.1) is 0 Å². The summed E-state index contributed by atoms with van der Waals surface area (Å²) < 4.78 is 0. The molecule has 0 fully saturated rings. The maximum atomic E-state index is 12.8. The monoisotopic (exact) mass is 356 g/mol. The molecule has 1 unspecified atom stereocenters. The predicted octanol–water partition coefficient (Wildman–Crippen LogP) is 4.03. The summed E-state index contributed by atoms with van der Waals surface area (Å²) in [5, 5.41) is 11.4. The third-order valence-electron chi connectivity index (χ3n) is 5.07. The van der Waals surface area contributed by atoms with Crippen LogP contribution >= 0.6 is 0 Å². The third-order valence-corrected chi connectivity index (χ3v) is 5.07. The Labute approximate surface area is 154 Å². The van der Waals surface area contributed by atoms with Crippen LogP contribution in [0.25, 0.3) is 21.9 Å². The molecule has 2 aromatic carbocycles. The second-order valence-corrected chi connectivity index (χ2v) is 6.67. The number of hydrogen-bond acceptors (Lipinski definition) is 4. The van der Waals surface area contributed by atoms with Gasteiger partial charge in [-0.1, -0.05) is 18.2 Å². The summed E-state index contributed by atoms with van der Waals surface area (Å²) in [5.41, 5.74) is 4.69. The van der Waals surface area contributed by atoms with Gasteiger partial charge in [0.2, 0.25) is 0 Å². The van der Waals surface area contributed by atoms with Gasteiger partial charge in [-0.2, -0.15) is 0 Å². The number of aliphatic hydroxyl groups is 1. The molecule has 1 aliphatic heterocycles. The molecule has 4 aromatic rings. The fourth-order valence-corrected chi connectivity index (χ4v) is 3.70. The van der Waals surface area contributed by atoms with Gasteiger partial charge < -0.3 is 10.1 Å². The minimum Gasteiger partial charge on any atom is -0.503 e. The number of aromatic amines is 1. The van der Waals surface area contributed by atoms with Crippen LogP contribution < -0.4 is 4.90 Å². The molecule has 2 N–H and O–H groups in total. The normalized spacial score (nSPS) is 17.4. The van der Waals surface area contributed by atoms with Gasteiger partial charge in [0.05, 0.1) is 28.9 Å². The minimum absolute atomic E-state index is 0.213. The quantitative estimate of drug-likeness (QED) is 0.568. The summed E-state index contributed by atoms with van der Waals surface area (Å²) >= 11 is 0. The van der Waals surface area contributed by atoms with E-state index in [0.717, 1.165) is 27.5 Å². The van der Waals surface area contributed by atoms with Crippen LogP contribution in [0.1, 0.15) is 18.5 Å². The highest BCUT2D eigenvalue weighted by Gasteiger charge is 2.39. The van der Waals surface area contributed by atoms with E-state index in [1.54, 1.807) is 24.3 Å². The number of fused-ring (bicyclic) bond motifs is 2. The Kier molecular flexibility index (Phi) is 3.27. The van der Waals surface area contributed by atoms with E-state index < -0.39 is 11.9 Å². The number of carbonyl (C=O) groups is 1. The van der Waals surface area contributed by atoms with Crippen LogP contribution in [0.5, 0.6) is 0 Å². The fraction of sp³-hybridized carbons (Fsp3) is 0.0952. The van der Waals surface area contributed by atoms with Gasteiger partial charge in [0.15, 0.2) is 5.76 Å². The number of hydrogen-bond donors (Lipinski definition) is 2. The number of para-hydroxylation sites is 1. The highest BCUT2D eigenvalue weighted by atomic mass is 16.3. The van der Waals surface area contributed by atoms with Gasteiger partial charge in [-0.15, -0.1) is 0 Å². The molecule has 2 aromatic heterocycles. The summed E-state index contributed by atoms with van der Waals surface area (Å²) in [5.74, 6) is -0.629. The molecule has 1 amide bonds. The summed E-state index contributed by atoms with van der Waals surface area (Å²) in [6, 6.07) is 15.0. The van der Waals surface area contributed by atoms with E-state index >= 15 is 0 Å². The Morgan fingerprint density at radius 1 is 1.07 bits per heavy atom. The summed E-state index contributed by atoms with van der Waals surface area (Å²) in [6.07, 6.45) is 3.38. The van der Waals surface area contributed by atoms with Crippen molar-refractivity contribution in [3.05, 3.63) is 78.0 Å². The summed E-state index contributed by atoms with van der Waals surface area (Å²) in [4.78, 5) is 26.2. The van der Waals surface area contributed by atoms with E-state index in [0.29, 0.717) is 11.3 Å². The number of aliphatic hydroxyl groups excluding tert-OH is 1. The molecule has 1 aliphatic rings. The maximum Gasteiger partial charge on any atom is 0.293 e. The molecular weight excluding hydrogens is 340 g/mol. The molecule has 0 aliphatic carbocycles. The Bertz CT molecular complexity index is 1240. The van der Waals surface area contributed by atoms with Crippen molar-refractivity contribution in [3.8, 4) is 0 Å². The molecule has 3 heterocycles. The van der Waals surface area contributed by atoms with Gasteiger partial charge in [-0.3, -0.25) is 14.7 Å². The number of imidazole rings is 1. The number of nitrogens with one attached hydrogen (secondary N) is 1. The SMILES string of the molecule is CC1=C(O)C(=O)N(c2ccc3[nH]cnc3c2)C1c1cnc2ccccc2c1. The number of pyridine rings is 1. The number of H-pyrrole nitrogens is 1. The van der Waals surface area contributed by atoms with E-state index in [1.807, 2.05) is 48.5 Å². The largest absolute Gasteiger partial charge is 0.503 e. The molecule has 27 heavy (non-hydrogen) atoms. The average Bonchev–Trinajstić information content (AvgIpc) is 3.25. The van der Waals surface area contributed by atoms with Gasteiger partial charge in [-0.25, -0.2) is 4.98 Å². The average molecular weight is 356 g/mol. The highest BCUT2D eigenvalue weighted by Crippen LogP contribution is 2.41. The van der Waals surface area contributed by atoms with E-state index in [-0.39, 0.29) is 5.76 Å². The van der Waals surface area contributed by atoms with E-state index in [9.17, 15) is 9.90 Å². The molecule has 0 bridgehead atoms. The number of aromatic nitrogens is 3. The first-order chi connectivity index (χ1) is 13.1. The van der Waals surface area contributed by atoms with Crippen molar-refractivity contribution in [2.24, 2.45) is 0 Å². The van der Waals surface area contributed by atoms with Crippen molar-refractivity contribution >= 4 is 33.5 Å². The Hall–Kier alpha value is -3.67. The lowest BCUT2D eigenvalue weighted by molar-refractivity contribution is -0.117. The molecular formula is C21H16N4O2. The number of anilines is 1. The lowest BCUT2D eigenvalue weighted by atomic mass is 10.00. The van der Waals surface area contributed by atoms with Crippen LogP contribution in [0.15, 0.2) is 72.4 Å². The van der Waals surface area contributed by atoms with Crippen molar-refractivity contribution in [1.29, 1.82) is 0 Å². The van der Waals surface area contributed by atoms with Gasteiger partial charge in [0, 0.05) is 22.8 Å². The fourth-order valence-electron chi connectivity index (χ4n) is 3.70. The number of nitrogens with zero attached hydrogens (tertiary/aromatic N) is 3. The van der Waals surface area contributed by atoms with Crippen LogP contribution in [0.3, 0.4) is 0 Å². The topological polar surface area (TPSA) is 82.1 Å². The van der Waals surface area contributed by atoms with Crippen LogP contribution in [0.4, 0.5) is 5.69 Å². The van der Waals surface area contributed by atoms with Crippen molar-refractivity contribution in [2.75, 3.05) is 4.90 Å². The first-order valence-corrected chi connectivity index (χ1v) is 8.64. The van der Waals surface area contributed by atoms with Gasteiger partial charge >= 0.3 is 0 Å². The van der Waals surface area contributed by atoms with Crippen LogP contribution in [0.2, 0.25) is 0 Å². The zero-order valence-electron chi connectivity index (χ0n) is 14.5. The van der Waals surface area contributed by atoms with Gasteiger partial charge in [-0.05, 0) is 42.8 Å². The highest BCUT2D eigenvalue weighted by molar-refractivity contribution is 6.09. The van der Waals surface area contributed by atoms with Crippen LogP contribution in [-0.2, 0) is 4.79 Å². The summed E-state index contributed by atoms with van der Waals surface area (Å²) in [7, 11) is 0. The Morgan fingerprint density at radius 3 is 2.81 bits per heavy atom. The lowest BCUT2D eigenvalue weighted by Crippen LogP contribution is -2.30. The first-order valence-electron chi connectivity index (χ1n) is 8.64. The predicted molar refractivity (Wildman–Crippen MR) is 103 cm³/mol. The van der Waals surface area contributed by atoms with E-state index in [1.165, 1.54) is 0 Å². The lowest BCUT2D eigenvalue weighted by Gasteiger charge is -2.26. The third kappa shape index (κ3) is 2.30. The van der Waals surface area contributed by atoms with E-state index in [4.69, 9.17) is 0 Å². The van der Waals surface area contributed by atoms with Crippen molar-refractivity contribution in [1.82, 2.24) is 15.0 Å². The van der Waals surface area contributed by atoms with Crippen molar-refractivity contribution in [2.45, 2.75) is 13.0 Å². The molecule has 5 rings (SSSR count). The standard InChI is InChI=1S/C21H16N4O2/c1-12-19(14-8-13-4-2-3-5-16(13)22-10-14)25(21(27)20(12)26)15-6-7-17-18(9-15)24-11-23-17/h2-11,19,26H,1H3,(H,23,24). The molecule has 6 nitrogen and oxygen atoms in total. The second kappa shape index (κ2) is 5.67. The zero-order valence-corrected chi connectivity index (χ0v) is 14.5. The van der Waals surface area contributed by atoms with Gasteiger partial charge in [0.1, 0.15) is 0 Å². The molecule has 0 saturated heterocycles.